The minimum Gasteiger partial charge on any atom is -0.508 e. The molecule has 3 heteroatoms. The molecule has 19 heavy (non-hydrogen) atoms. The van der Waals surface area contributed by atoms with Crippen LogP contribution >= 0.6 is 11.6 Å². The third-order valence-electron chi connectivity index (χ3n) is 3.71. The first-order valence-electron chi connectivity index (χ1n) is 6.52. The van der Waals surface area contributed by atoms with Gasteiger partial charge in [0.2, 0.25) is 0 Å². The van der Waals surface area contributed by atoms with Crippen LogP contribution in [0.3, 0.4) is 0 Å². The summed E-state index contributed by atoms with van der Waals surface area (Å²) < 4.78 is 0. The van der Waals surface area contributed by atoms with Gasteiger partial charge in [-0.3, -0.25) is 0 Å². The zero-order chi connectivity index (χ0) is 13.2. The van der Waals surface area contributed by atoms with Crippen LogP contribution in [0.1, 0.15) is 29.2 Å². The molecule has 1 atom stereocenters. The number of hydrogen-bond acceptors (Lipinski definition) is 2. The van der Waals surface area contributed by atoms with E-state index in [9.17, 15) is 5.11 Å². The molecule has 2 aromatic carbocycles. The van der Waals surface area contributed by atoms with Gasteiger partial charge in [0.05, 0.1) is 0 Å². The summed E-state index contributed by atoms with van der Waals surface area (Å²) in [4.78, 5) is 0. The van der Waals surface area contributed by atoms with Crippen molar-refractivity contribution in [1.29, 1.82) is 0 Å². The molecule has 0 spiro atoms. The number of benzene rings is 2. The minimum absolute atomic E-state index is 0.331. The molecule has 98 valence electrons. The summed E-state index contributed by atoms with van der Waals surface area (Å²) in [5.74, 6) is 0.424. The highest BCUT2D eigenvalue weighted by Crippen LogP contribution is 2.36. The topological polar surface area (TPSA) is 32.3 Å². The predicted molar refractivity (Wildman–Crippen MR) is 77.5 cm³/mol. The highest BCUT2D eigenvalue weighted by Gasteiger charge is 2.23. The Morgan fingerprint density at radius 1 is 1.16 bits per heavy atom. The van der Waals surface area contributed by atoms with Gasteiger partial charge in [0, 0.05) is 17.6 Å². The summed E-state index contributed by atoms with van der Waals surface area (Å²) in [7, 11) is 0. The van der Waals surface area contributed by atoms with Crippen LogP contribution in [0.25, 0.3) is 0 Å². The third kappa shape index (κ3) is 2.60. The first-order valence-corrected chi connectivity index (χ1v) is 6.90. The Labute approximate surface area is 118 Å². The smallest absolute Gasteiger partial charge is 0.119 e. The van der Waals surface area contributed by atoms with E-state index in [4.69, 9.17) is 11.6 Å². The SMILES string of the molecule is Oc1cccc2c1CCC2NCc1ccc(Cl)cc1. The molecule has 0 fully saturated rings. The van der Waals surface area contributed by atoms with E-state index in [0.717, 1.165) is 30.0 Å². The van der Waals surface area contributed by atoms with Gasteiger partial charge in [0.25, 0.3) is 0 Å². The first kappa shape index (κ1) is 12.5. The second-order valence-corrected chi connectivity index (χ2v) is 5.38. The van der Waals surface area contributed by atoms with Crippen molar-refractivity contribution in [3.63, 3.8) is 0 Å². The van der Waals surface area contributed by atoms with E-state index in [-0.39, 0.29) is 0 Å². The molecule has 0 saturated heterocycles. The van der Waals surface area contributed by atoms with Crippen LogP contribution in [0.5, 0.6) is 5.75 Å². The number of hydrogen-bond donors (Lipinski definition) is 2. The van der Waals surface area contributed by atoms with Crippen molar-refractivity contribution in [2.75, 3.05) is 0 Å². The molecule has 1 aliphatic carbocycles. The summed E-state index contributed by atoms with van der Waals surface area (Å²) >= 11 is 5.88. The maximum Gasteiger partial charge on any atom is 0.119 e. The number of phenolic OH excluding ortho intramolecular Hbond substituents is 1. The highest BCUT2D eigenvalue weighted by atomic mass is 35.5. The molecule has 0 heterocycles. The molecule has 2 nitrogen and oxygen atoms in total. The number of phenols is 1. The lowest BCUT2D eigenvalue weighted by atomic mass is 10.1. The van der Waals surface area contributed by atoms with Crippen LogP contribution in [0.2, 0.25) is 5.02 Å². The average molecular weight is 274 g/mol. The van der Waals surface area contributed by atoms with Crippen molar-refractivity contribution < 1.29 is 5.11 Å². The Hall–Kier alpha value is -1.51. The molecule has 0 radical (unpaired) electrons. The van der Waals surface area contributed by atoms with Crippen LogP contribution in [-0.4, -0.2) is 5.11 Å². The Balaban J connectivity index is 1.70. The van der Waals surface area contributed by atoms with Gasteiger partial charge in [0.15, 0.2) is 0 Å². The zero-order valence-corrected chi connectivity index (χ0v) is 11.3. The largest absolute Gasteiger partial charge is 0.508 e. The van der Waals surface area contributed by atoms with E-state index in [1.807, 2.05) is 30.3 Å². The zero-order valence-electron chi connectivity index (χ0n) is 10.6. The van der Waals surface area contributed by atoms with Gasteiger partial charge in [-0.05, 0) is 47.7 Å². The summed E-state index contributed by atoms with van der Waals surface area (Å²) in [5, 5.41) is 14.1. The molecule has 2 N–H and O–H groups in total. The van der Waals surface area contributed by atoms with Gasteiger partial charge in [0.1, 0.15) is 5.75 Å². The minimum atomic E-state index is 0.331. The summed E-state index contributed by atoms with van der Waals surface area (Å²) in [5.41, 5.74) is 3.54. The Morgan fingerprint density at radius 2 is 1.95 bits per heavy atom. The standard InChI is InChI=1S/C16H16ClNO/c17-12-6-4-11(5-7-12)10-18-15-9-8-14-13(15)2-1-3-16(14)19/h1-7,15,18-19H,8-10H2. The Kier molecular flexibility index (Phi) is 3.45. The van der Waals surface area contributed by atoms with E-state index < -0.39 is 0 Å². The summed E-state index contributed by atoms with van der Waals surface area (Å²) in [6.07, 6.45) is 1.99. The van der Waals surface area contributed by atoms with Gasteiger partial charge >= 0.3 is 0 Å². The maximum absolute atomic E-state index is 9.82. The lowest BCUT2D eigenvalue weighted by Crippen LogP contribution is -2.18. The Morgan fingerprint density at radius 3 is 2.74 bits per heavy atom. The van der Waals surface area contributed by atoms with Gasteiger partial charge < -0.3 is 10.4 Å². The van der Waals surface area contributed by atoms with E-state index in [0.29, 0.717) is 11.8 Å². The van der Waals surface area contributed by atoms with Crippen LogP contribution < -0.4 is 5.32 Å². The van der Waals surface area contributed by atoms with Crippen molar-refractivity contribution in [3.8, 4) is 5.75 Å². The van der Waals surface area contributed by atoms with Crippen LogP contribution in [0.4, 0.5) is 0 Å². The summed E-state index contributed by atoms with van der Waals surface area (Å²) in [6.45, 7) is 0.816. The molecule has 3 rings (SSSR count). The molecular formula is C16H16ClNO. The fraction of sp³-hybridized carbons (Fsp3) is 0.250. The molecular weight excluding hydrogens is 258 g/mol. The monoisotopic (exact) mass is 273 g/mol. The van der Waals surface area contributed by atoms with Crippen molar-refractivity contribution >= 4 is 11.6 Å². The van der Waals surface area contributed by atoms with Gasteiger partial charge in [-0.25, -0.2) is 0 Å². The number of rotatable bonds is 3. The first-order chi connectivity index (χ1) is 9.24. The van der Waals surface area contributed by atoms with Gasteiger partial charge in [-0.15, -0.1) is 0 Å². The van der Waals surface area contributed by atoms with Gasteiger partial charge in [-0.2, -0.15) is 0 Å². The normalized spacial score (nSPS) is 17.4. The van der Waals surface area contributed by atoms with E-state index in [1.54, 1.807) is 6.07 Å². The van der Waals surface area contributed by atoms with E-state index >= 15 is 0 Å². The molecule has 0 aliphatic heterocycles. The molecule has 1 unspecified atom stereocenters. The van der Waals surface area contributed by atoms with Crippen molar-refractivity contribution in [3.05, 3.63) is 64.2 Å². The van der Waals surface area contributed by atoms with Crippen molar-refractivity contribution in [2.45, 2.75) is 25.4 Å². The number of aromatic hydroxyl groups is 1. The molecule has 1 aliphatic rings. The molecule has 0 bridgehead atoms. The Bertz CT molecular complexity index is 580. The van der Waals surface area contributed by atoms with E-state index in [1.165, 1.54) is 11.1 Å². The molecule has 2 aromatic rings. The third-order valence-corrected chi connectivity index (χ3v) is 3.96. The number of fused-ring (bicyclic) bond motifs is 1. The average Bonchev–Trinajstić information content (AvgIpc) is 2.83. The van der Waals surface area contributed by atoms with Crippen LogP contribution in [0.15, 0.2) is 42.5 Å². The van der Waals surface area contributed by atoms with Gasteiger partial charge in [-0.1, -0.05) is 35.9 Å². The molecule has 0 amide bonds. The fourth-order valence-corrected chi connectivity index (χ4v) is 2.82. The molecule has 0 saturated carbocycles. The fourth-order valence-electron chi connectivity index (χ4n) is 2.69. The maximum atomic E-state index is 9.82. The summed E-state index contributed by atoms with van der Waals surface area (Å²) in [6, 6.07) is 14.0. The second-order valence-electron chi connectivity index (χ2n) is 4.94. The quantitative estimate of drug-likeness (QED) is 0.891. The van der Waals surface area contributed by atoms with Crippen LogP contribution in [0, 0.1) is 0 Å². The van der Waals surface area contributed by atoms with Crippen LogP contribution in [-0.2, 0) is 13.0 Å². The van der Waals surface area contributed by atoms with Crippen molar-refractivity contribution in [1.82, 2.24) is 5.32 Å². The number of nitrogens with one attached hydrogen (secondary N) is 1. The number of halogens is 1. The highest BCUT2D eigenvalue weighted by molar-refractivity contribution is 6.30. The lowest BCUT2D eigenvalue weighted by Gasteiger charge is -2.14. The molecule has 0 aromatic heterocycles. The lowest BCUT2D eigenvalue weighted by molar-refractivity contribution is 0.469. The predicted octanol–water partition coefficient (Wildman–Crippen LogP) is 3.82. The van der Waals surface area contributed by atoms with Crippen molar-refractivity contribution in [2.24, 2.45) is 0 Å². The second kappa shape index (κ2) is 5.24. The van der Waals surface area contributed by atoms with E-state index in [2.05, 4.69) is 11.4 Å².